The van der Waals surface area contributed by atoms with Crippen LogP contribution in [0.5, 0.6) is 0 Å². The molecule has 1 rings (SSSR count). The lowest BCUT2D eigenvalue weighted by molar-refractivity contribution is -0.118. The van der Waals surface area contributed by atoms with E-state index in [2.05, 4.69) is 6.92 Å². The van der Waals surface area contributed by atoms with Crippen LogP contribution in [-0.4, -0.2) is 5.78 Å². The summed E-state index contributed by atoms with van der Waals surface area (Å²) in [5.41, 5.74) is -0.382. The number of hydrogen-bond acceptors (Lipinski definition) is 3. The van der Waals surface area contributed by atoms with E-state index in [-0.39, 0.29) is 17.8 Å². The van der Waals surface area contributed by atoms with Crippen molar-refractivity contribution in [2.45, 2.75) is 116 Å². The third-order valence-corrected chi connectivity index (χ3v) is 5.18. The Labute approximate surface area is 165 Å². The Morgan fingerprint density at radius 3 is 1.70 bits per heavy atom. The van der Waals surface area contributed by atoms with Crippen molar-refractivity contribution in [1.29, 1.82) is 0 Å². The van der Waals surface area contributed by atoms with Crippen molar-refractivity contribution in [3.8, 4) is 0 Å². The molecule has 0 aliphatic heterocycles. The highest BCUT2D eigenvalue weighted by Gasteiger charge is 2.05. The van der Waals surface area contributed by atoms with E-state index in [1.165, 1.54) is 89.5 Å². The molecule has 0 aliphatic rings. The molecular formula is C24H40O3. The third-order valence-electron chi connectivity index (χ3n) is 5.18. The van der Waals surface area contributed by atoms with Gasteiger partial charge in [-0.3, -0.25) is 4.79 Å². The smallest absolute Gasteiger partial charge is 0.335 e. The van der Waals surface area contributed by atoms with Gasteiger partial charge in [-0.15, -0.1) is 0 Å². The molecule has 0 spiro atoms. The molecule has 3 nitrogen and oxygen atoms in total. The highest BCUT2D eigenvalue weighted by atomic mass is 16.4. The quantitative estimate of drug-likeness (QED) is 0.259. The van der Waals surface area contributed by atoms with Gasteiger partial charge < -0.3 is 4.42 Å². The fraction of sp³-hybridized carbons (Fsp3) is 0.750. The van der Waals surface area contributed by atoms with E-state index in [0.29, 0.717) is 12.2 Å². The number of Topliss-reactive ketones (excluding diaryl/α,β-unsaturated/α-hetero) is 1. The standard InChI is InChI=1S/C24H40O3/c1-2-3-4-5-6-7-8-9-10-11-12-13-14-15-16-18-22(25)21-23-19-17-20-24(26)27-23/h17,19-20H,2-16,18,21H2,1H3. The maximum absolute atomic E-state index is 11.9. The molecule has 0 unspecified atom stereocenters. The van der Waals surface area contributed by atoms with Gasteiger partial charge in [0.1, 0.15) is 11.5 Å². The molecule has 0 saturated carbocycles. The van der Waals surface area contributed by atoms with Crippen LogP contribution in [0.15, 0.2) is 27.4 Å². The summed E-state index contributed by atoms with van der Waals surface area (Å²) in [7, 11) is 0. The van der Waals surface area contributed by atoms with Gasteiger partial charge in [-0.25, -0.2) is 4.79 Å². The van der Waals surface area contributed by atoms with E-state index in [4.69, 9.17) is 4.42 Å². The Morgan fingerprint density at radius 2 is 1.22 bits per heavy atom. The molecule has 0 amide bonds. The van der Waals surface area contributed by atoms with Crippen LogP contribution in [0.1, 0.15) is 115 Å². The second-order valence-electron chi connectivity index (χ2n) is 7.83. The van der Waals surface area contributed by atoms with E-state index in [1.807, 2.05) is 0 Å². The largest absolute Gasteiger partial charge is 0.427 e. The minimum Gasteiger partial charge on any atom is -0.427 e. The summed E-state index contributed by atoms with van der Waals surface area (Å²) in [6.07, 6.45) is 20.8. The SMILES string of the molecule is CCCCCCCCCCCCCCCCCC(=O)Cc1cccc(=O)o1. The lowest BCUT2D eigenvalue weighted by Gasteiger charge is -2.03. The fourth-order valence-electron chi connectivity index (χ4n) is 3.50. The summed E-state index contributed by atoms with van der Waals surface area (Å²) >= 11 is 0. The Bertz CT molecular complexity index is 532. The van der Waals surface area contributed by atoms with Crippen molar-refractivity contribution >= 4 is 5.78 Å². The van der Waals surface area contributed by atoms with E-state index in [1.54, 1.807) is 12.1 Å². The van der Waals surface area contributed by atoms with Crippen LogP contribution in [0.25, 0.3) is 0 Å². The third kappa shape index (κ3) is 14.4. The van der Waals surface area contributed by atoms with Gasteiger partial charge in [0, 0.05) is 12.5 Å². The summed E-state index contributed by atoms with van der Waals surface area (Å²) in [5.74, 6) is 0.646. The average Bonchev–Trinajstić information content (AvgIpc) is 2.65. The highest BCUT2D eigenvalue weighted by Crippen LogP contribution is 2.14. The molecule has 0 N–H and O–H groups in total. The predicted molar refractivity (Wildman–Crippen MR) is 113 cm³/mol. The maximum Gasteiger partial charge on any atom is 0.335 e. The highest BCUT2D eigenvalue weighted by molar-refractivity contribution is 5.80. The summed E-state index contributed by atoms with van der Waals surface area (Å²) in [6, 6.07) is 4.70. The van der Waals surface area contributed by atoms with Crippen molar-refractivity contribution in [2.24, 2.45) is 0 Å². The first-order valence-electron chi connectivity index (χ1n) is 11.3. The molecule has 27 heavy (non-hydrogen) atoms. The average molecular weight is 377 g/mol. The van der Waals surface area contributed by atoms with Crippen molar-refractivity contribution in [3.05, 3.63) is 34.4 Å². The Morgan fingerprint density at radius 1 is 0.741 bits per heavy atom. The lowest BCUT2D eigenvalue weighted by atomic mass is 10.0. The zero-order chi connectivity index (χ0) is 19.6. The molecule has 0 fully saturated rings. The van der Waals surface area contributed by atoms with Crippen molar-refractivity contribution < 1.29 is 9.21 Å². The summed E-state index contributed by atoms with van der Waals surface area (Å²) in [5, 5.41) is 0. The van der Waals surface area contributed by atoms with Gasteiger partial charge in [-0.05, 0) is 12.5 Å². The normalized spacial score (nSPS) is 11.0. The molecule has 1 aromatic rings. The number of ketones is 1. The topological polar surface area (TPSA) is 47.3 Å². The molecule has 0 saturated heterocycles. The number of carbonyl (C=O) groups excluding carboxylic acids is 1. The molecule has 0 aliphatic carbocycles. The van der Waals surface area contributed by atoms with E-state index >= 15 is 0 Å². The zero-order valence-electron chi connectivity index (χ0n) is 17.5. The molecular weight excluding hydrogens is 336 g/mol. The second-order valence-corrected chi connectivity index (χ2v) is 7.83. The van der Waals surface area contributed by atoms with Gasteiger partial charge in [0.05, 0.1) is 6.42 Å². The first-order valence-corrected chi connectivity index (χ1v) is 11.3. The van der Waals surface area contributed by atoms with Crippen LogP contribution in [0, 0.1) is 0 Å². The number of rotatable bonds is 18. The summed E-state index contributed by atoms with van der Waals surface area (Å²) < 4.78 is 5.00. The van der Waals surface area contributed by atoms with Crippen molar-refractivity contribution in [1.82, 2.24) is 0 Å². The van der Waals surface area contributed by atoms with Gasteiger partial charge in [0.25, 0.3) is 0 Å². The molecule has 0 aromatic carbocycles. The lowest BCUT2D eigenvalue weighted by Crippen LogP contribution is -2.05. The molecule has 1 heterocycles. The monoisotopic (exact) mass is 376 g/mol. The van der Waals surface area contributed by atoms with Crippen LogP contribution in [0.3, 0.4) is 0 Å². The van der Waals surface area contributed by atoms with Crippen LogP contribution in [0.2, 0.25) is 0 Å². The number of carbonyl (C=O) groups is 1. The maximum atomic E-state index is 11.9. The molecule has 3 heteroatoms. The second kappa shape index (κ2) is 16.8. The Balaban J connectivity index is 1.82. The Kier molecular flexibility index (Phi) is 14.7. The number of hydrogen-bond donors (Lipinski definition) is 0. The zero-order valence-corrected chi connectivity index (χ0v) is 17.5. The van der Waals surface area contributed by atoms with Gasteiger partial charge in [0.15, 0.2) is 0 Å². The first kappa shape index (κ1) is 23.7. The van der Waals surface area contributed by atoms with Gasteiger partial charge in [0.2, 0.25) is 0 Å². The summed E-state index contributed by atoms with van der Waals surface area (Å²) in [4.78, 5) is 23.0. The number of unbranched alkanes of at least 4 members (excludes halogenated alkanes) is 14. The van der Waals surface area contributed by atoms with E-state index in [9.17, 15) is 9.59 Å². The first-order chi connectivity index (χ1) is 13.2. The fourth-order valence-corrected chi connectivity index (χ4v) is 3.50. The van der Waals surface area contributed by atoms with Gasteiger partial charge in [-0.2, -0.15) is 0 Å². The van der Waals surface area contributed by atoms with Crippen molar-refractivity contribution in [2.75, 3.05) is 0 Å². The van der Waals surface area contributed by atoms with Crippen LogP contribution in [0.4, 0.5) is 0 Å². The van der Waals surface area contributed by atoms with E-state index in [0.717, 1.165) is 12.8 Å². The van der Waals surface area contributed by atoms with Crippen LogP contribution < -0.4 is 5.63 Å². The molecule has 0 atom stereocenters. The molecule has 0 bridgehead atoms. The van der Waals surface area contributed by atoms with Gasteiger partial charge >= 0.3 is 5.63 Å². The molecule has 154 valence electrons. The van der Waals surface area contributed by atoms with Crippen LogP contribution >= 0.6 is 0 Å². The Hall–Kier alpha value is -1.38. The van der Waals surface area contributed by atoms with Gasteiger partial charge in [-0.1, -0.05) is 103 Å². The molecule has 1 aromatic heterocycles. The summed E-state index contributed by atoms with van der Waals surface area (Å²) in [6.45, 7) is 2.27. The van der Waals surface area contributed by atoms with E-state index < -0.39 is 0 Å². The minimum atomic E-state index is -0.382. The minimum absolute atomic E-state index is 0.166. The molecule has 0 radical (unpaired) electrons. The van der Waals surface area contributed by atoms with Crippen molar-refractivity contribution in [3.63, 3.8) is 0 Å². The predicted octanol–water partition coefficient (Wildman–Crippen LogP) is 7.01. The van der Waals surface area contributed by atoms with Crippen LogP contribution in [-0.2, 0) is 11.2 Å².